The first kappa shape index (κ1) is 19.2. The number of carboxylic acids is 2. The van der Waals surface area contributed by atoms with Gasteiger partial charge in [-0.2, -0.15) is 0 Å². The Morgan fingerprint density at radius 2 is 1.38 bits per heavy atom. The second-order valence-corrected chi connectivity index (χ2v) is 3.61. The van der Waals surface area contributed by atoms with E-state index in [0.29, 0.717) is 0 Å². The van der Waals surface area contributed by atoms with Crippen LogP contribution in [0.4, 0.5) is 0 Å². The van der Waals surface area contributed by atoms with E-state index in [4.69, 9.17) is 10.2 Å². The van der Waals surface area contributed by atoms with Crippen molar-refractivity contribution in [1.29, 1.82) is 0 Å². The fourth-order valence-corrected chi connectivity index (χ4v) is 1.29. The number of carbonyl (C=O) groups excluding carboxylic acids is 1. The van der Waals surface area contributed by atoms with Gasteiger partial charge in [0.2, 0.25) is 0 Å². The minimum Gasteiger partial charge on any atom is -0.872 e. The van der Waals surface area contributed by atoms with Gasteiger partial charge in [-0.25, -0.2) is 4.79 Å². The first-order chi connectivity index (χ1) is 9.43. The van der Waals surface area contributed by atoms with E-state index in [2.05, 4.69) is 0 Å². The fourth-order valence-electron chi connectivity index (χ4n) is 1.29. The molecule has 0 aliphatic carbocycles. The van der Waals surface area contributed by atoms with E-state index in [1.807, 2.05) is 0 Å². The predicted molar refractivity (Wildman–Crippen MR) is 71.0 cm³/mol. The standard InChI is InChI=1S/2C7H6O3.Ca/c2*8-6-4-2-1-3-5(6)7(9)10;/h2*1-4,8H,(H,9,10);/q;;+2/p-2. The summed E-state index contributed by atoms with van der Waals surface area (Å²) in [5, 5.41) is 38.1. The van der Waals surface area contributed by atoms with Gasteiger partial charge in [0.1, 0.15) is 11.3 Å². The second-order valence-electron chi connectivity index (χ2n) is 3.61. The number of aromatic hydroxyl groups is 1. The molecular weight excluding hydrogens is 304 g/mol. The van der Waals surface area contributed by atoms with Gasteiger partial charge in [-0.15, -0.1) is 0 Å². The van der Waals surface area contributed by atoms with E-state index in [1.54, 1.807) is 12.1 Å². The number of phenols is 1. The van der Waals surface area contributed by atoms with Crippen LogP contribution in [-0.2, 0) is 0 Å². The summed E-state index contributed by atoms with van der Waals surface area (Å²) in [6.07, 6.45) is 0. The van der Waals surface area contributed by atoms with E-state index in [1.165, 1.54) is 36.4 Å². The van der Waals surface area contributed by atoms with Crippen molar-refractivity contribution in [3.05, 3.63) is 59.7 Å². The van der Waals surface area contributed by atoms with Crippen LogP contribution in [0.3, 0.4) is 0 Å². The first-order valence-electron chi connectivity index (χ1n) is 5.42. The summed E-state index contributed by atoms with van der Waals surface area (Å²) >= 11 is 0. The van der Waals surface area contributed by atoms with Crippen molar-refractivity contribution in [2.24, 2.45) is 0 Å². The first-order valence-corrected chi connectivity index (χ1v) is 5.42. The topological polar surface area (TPSA) is 121 Å². The van der Waals surface area contributed by atoms with Gasteiger partial charge in [-0.05, 0) is 17.7 Å². The number of carbonyl (C=O) groups is 2. The van der Waals surface area contributed by atoms with Crippen LogP contribution in [0.5, 0.6) is 11.5 Å². The van der Waals surface area contributed by atoms with Crippen LogP contribution in [0.2, 0.25) is 0 Å². The predicted octanol–water partition coefficient (Wildman–Crippen LogP) is -0.167. The van der Waals surface area contributed by atoms with Crippen LogP contribution in [0.25, 0.3) is 0 Å². The third-order valence-electron chi connectivity index (χ3n) is 2.24. The number of aromatic carboxylic acids is 2. The summed E-state index contributed by atoms with van der Waals surface area (Å²) in [5.41, 5.74) is -0.356. The summed E-state index contributed by atoms with van der Waals surface area (Å²) in [6.45, 7) is 0. The molecule has 0 saturated heterocycles. The summed E-state index contributed by atoms with van der Waals surface area (Å²) in [5.74, 6) is -3.25. The van der Waals surface area contributed by atoms with Crippen molar-refractivity contribution in [1.82, 2.24) is 0 Å². The maximum atomic E-state index is 10.6. The second kappa shape index (κ2) is 9.23. The van der Waals surface area contributed by atoms with E-state index < -0.39 is 17.7 Å². The zero-order chi connectivity index (χ0) is 15.1. The van der Waals surface area contributed by atoms with Crippen molar-refractivity contribution < 1.29 is 30.0 Å². The Morgan fingerprint density at radius 1 is 0.905 bits per heavy atom. The number of benzene rings is 2. The molecule has 2 aromatic rings. The van der Waals surface area contributed by atoms with Crippen LogP contribution >= 0.6 is 0 Å². The van der Waals surface area contributed by atoms with E-state index in [0.717, 1.165) is 0 Å². The van der Waals surface area contributed by atoms with Gasteiger partial charge in [0.25, 0.3) is 0 Å². The quantitative estimate of drug-likeness (QED) is 0.743. The molecule has 0 aromatic heterocycles. The third-order valence-corrected chi connectivity index (χ3v) is 2.24. The molecule has 0 amide bonds. The number of hydrogen-bond acceptors (Lipinski definition) is 5. The van der Waals surface area contributed by atoms with Crippen molar-refractivity contribution in [2.75, 3.05) is 0 Å². The van der Waals surface area contributed by atoms with E-state index in [9.17, 15) is 19.8 Å². The zero-order valence-corrected chi connectivity index (χ0v) is 13.1. The Kier molecular flexibility index (Phi) is 8.45. The molecule has 0 bridgehead atoms. The van der Waals surface area contributed by atoms with Crippen LogP contribution in [-0.4, -0.2) is 59.9 Å². The van der Waals surface area contributed by atoms with Crippen molar-refractivity contribution >= 4 is 49.7 Å². The van der Waals surface area contributed by atoms with Gasteiger partial charge in [0, 0.05) is 0 Å². The van der Waals surface area contributed by atoms with Gasteiger partial charge in [-0.3, -0.25) is 0 Å². The summed E-state index contributed by atoms with van der Waals surface area (Å²) in [6, 6.07) is 11.2. The minimum atomic E-state index is -1.43. The molecule has 7 heteroatoms. The number of carboxylic acid groups (broad SMARTS) is 2. The molecule has 6 nitrogen and oxygen atoms in total. The Labute approximate surface area is 150 Å². The zero-order valence-electron chi connectivity index (χ0n) is 10.9. The maximum absolute atomic E-state index is 10.6. The number of rotatable bonds is 2. The Morgan fingerprint density at radius 3 is 1.71 bits per heavy atom. The van der Waals surface area contributed by atoms with Gasteiger partial charge in [0.05, 0.1) is 5.97 Å². The molecule has 2 rings (SSSR count). The molecule has 0 atom stereocenters. The normalized spacial score (nSPS) is 8.76. The Balaban J connectivity index is 0.000000364. The third kappa shape index (κ3) is 6.03. The molecule has 0 aliphatic rings. The average molecular weight is 314 g/mol. The minimum absolute atomic E-state index is 0. The maximum Gasteiger partial charge on any atom is 2.00 e. The van der Waals surface area contributed by atoms with Crippen LogP contribution in [0.15, 0.2) is 48.5 Å². The molecule has 2 aromatic carbocycles. The van der Waals surface area contributed by atoms with E-state index >= 15 is 0 Å². The average Bonchev–Trinajstić information content (AvgIpc) is 2.40. The SMILES string of the molecule is O=C(O)c1ccccc1O.O=C([O-])c1ccccc1[O-].[Ca+2]. The van der Waals surface area contributed by atoms with Gasteiger partial charge < -0.3 is 25.2 Å². The molecule has 2 N–H and O–H groups in total. The summed E-state index contributed by atoms with van der Waals surface area (Å²) < 4.78 is 0. The molecule has 0 radical (unpaired) electrons. The van der Waals surface area contributed by atoms with Crippen molar-refractivity contribution in [3.63, 3.8) is 0 Å². The summed E-state index contributed by atoms with van der Waals surface area (Å²) in [4.78, 5) is 20.4. The van der Waals surface area contributed by atoms with Gasteiger partial charge >= 0.3 is 43.7 Å². The summed E-state index contributed by atoms with van der Waals surface area (Å²) in [7, 11) is 0. The Bertz CT molecular complexity index is 571. The molecular formula is C14H10CaO6. The number of para-hydroxylation sites is 2. The molecule has 0 heterocycles. The molecule has 0 aliphatic heterocycles. The molecule has 0 saturated carbocycles. The van der Waals surface area contributed by atoms with Gasteiger partial charge in [-0.1, -0.05) is 42.1 Å². The van der Waals surface area contributed by atoms with Crippen LogP contribution in [0.1, 0.15) is 20.7 Å². The fraction of sp³-hybridized carbons (Fsp3) is 0. The molecule has 21 heavy (non-hydrogen) atoms. The van der Waals surface area contributed by atoms with E-state index in [-0.39, 0.29) is 54.6 Å². The molecule has 0 fully saturated rings. The number of hydrogen-bond donors (Lipinski definition) is 2. The Hall–Kier alpha value is -1.76. The monoisotopic (exact) mass is 314 g/mol. The van der Waals surface area contributed by atoms with Crippen molar-refractivity contribution in [3.8, 4) is 11.5 Å². The van der Waals surface area contributed by atoms with Gasteiger partial charge in [0.15, 0.2) is 0 Å². The molecule has 0 unspecified atom stereocenters. The van der Waals surface area contributed by atoms with Crippen LogP contribution in [0, 0.1) is 0 Å². The smallest absolute Gasteiger partial charge is 0.872 e. The molecule has 104 valence electrons. The largest absolute Gasteiger partial charge is 2.00 e. The van der Waals surface area contributed by atoms with Crippen molar-refractivity contribution in [2.45, 2.75) is 0 Å². The molecule has 0 spiro atoms. The van der Waals surface area contributed by atoms with Crippen LogP contribution < -0.4 is 10.2 Å².